The molecule has 0 saturated heterocycles. The van der Waals surface area contributed by atoms with E-state index in [9.17, 15) is 9.90 Å². The van der Waals surface area contributed by atoms with Gasteiger partial charge in [0.05, 0.1) is 6.10 Å². The minimum atomic E-state index is -0.394. The monoisotopic (exact) mass is 298 g/mol. The van der Waals surface area contributed by atoms with Crippen LogP contribution in [0.3, 0.4) is 0 Å². The number of ketones is 1. The molecule has 0 aromatic carbocycles. The van der Waals surface area contributed by atoms with E-state index in [0.717, 1.165) is 12.0 Å². The molecule has 2 aliphatic carbocycles. The number of halogens is 1. The van der Waals surface area contributed by atoms with Crippen molar-refractivity contribution < 1.29 is 9.90 Å². The molecule has 3 atom stereocenters. The van der Waals surface area contributed by atoms with Crippen LogP contribution < -0.4 is 0 Å². The number of hydrogen-bond donors (Lipinski definition) is 1. The van der Waals surface area contributed by atoms with Crippen LogP contribution in [0.5, 0.6) is 0 Å². The van der Waals surface area contributed by atoms with Gasteiger partial charge in [-0.25, -0.2) is 0 Å². The summed E-state index contributed by atoms with van der Waals surface area (Å²) in [5.41, 5.74) is 0.752. The van der Waals surface area contributed by atoms with Gasteiger partial charge in [-0.3, -0.25) is 4.79 Å². The van der Waals surface area contributed by atoms with Crippen LogP contribution in [0.2, 0.25) is 0 Å². The third-order valence-corrected chi connectivity index (χ3v) is 6.34. The Balaban J connectivity index is 2.47. The average Bonchev–Trinajstić information content (AvgIpc) is 2.27. The number of hydrogen-bond acceptors (Lipinski definition) is 2. The Bertz CT molecular complexity index is 397. The third-order valence-electron chi connectivity index (χ3n) is 4.58. The second-order valence-corrected chi connectivity index (χ2v) is 6.76. The molecule has 17 heavy (non-hydrogen) atoms. The molecule has 0 aromatic rings. The summed E-state index contributed by atoms with van der Waals surface area (Å²) >= 11 is 3.62. The van der Waals surface area contributed by atoms with E-state index < -0.39 is 6.10 Å². The largest absolute Gasteiger partial charge is 0.392 e. The number of aliphatic hydroxyl groups is 1. The number of alkyl halides is 1. The number of aliphatic hydroxyl groups excluding tert-OH is 1. The second kappa shape index (κ2) is 4.06. The lowest BCUT2D eigenvalue weighted by Crippen LogP contribution is -2.53. The molecule has 0 amide bonds. The number of carbonyl (C=O) groups excluding carboxylic acids is 1. The fourth-order valence-electron chi connectivity index (χ4n) is 3.27. The zero-order chi connectivity index (χ0) is 12.8. The number of allylic oxidation sites excluding steroid dienone is 2. The summed E-state index contributed by atoms with van der Waals surface area (Å²) < 4.78 is 0. The first-order chi connectivity index (χ1) is 7.81. The van der Waals surface area contributed by atoms with E-state index in [4.69, 9.17) is 0 Å². The maximum absolute atomic E-state index is 11.4. The van der Waals surface area contributed by atoms with Gasteiger partial charge < -0.3 is 5.11 Å². The van der Waals surface area contributed by atoms with Crippen LogP contribution in [0.25, 0.3) is 0 Å². The Hall–Kier alpha value is -0.410. The Morgan fingerprint density at radius 1 is 1.53 bits per heavy atom. The molecule has 0 heterocycles. The van der Waals surface area contributed by atoms with Crippen LogP contribution >= 0.6 is 15.9 Å². The van der Waals surface area contributed by atoms with Gasteiger partial charge in [0.25, 0.3) is 0 Å². The summed E-state index contributed by atoms with van der Waals surface area (Å²) in [6, 6.07) is 0. The van der Waals surface area contributed by atoms with Gasteiger partial charge in [-0.2, -0.15) is 0 Å². The topological polar surface area (TPSA) is 37.3 Å². The number of carbonyl (C=O) groups is 1. The molecule has 94 valence electrons. The van der Waals surface area contributed by atoms with E-state index in [1.54, 1.807) is 6.08 Å². The maximum Gasteiger partial charge on any atom is 0.155 e. The summed E-state index contributed by atoms with van der Waals surface area (Å²) in [6.45, 7) is 8.43. The van der Waals surface area contributed by atoms with Crippen molar-refractivity contribution in [3.05, 3.63) is 24.3 Å². The molecule has 0 bridgehead atoms. The maximum atomic E-state index is 11.4. The van der Waals surface area contributed by atoms with Crippen LogP contribution in [0.15, 0.2) is 24.3 Å². The molecule has 1 fully saturated rings. The van der Waals surface area contributed by atoms with Gasteiger partial charge in [-0.05, 0) is 24.3 Å². The lowest BCUT2D eigenvalue weighted by molar-refractivity contribution is -0.116. The standard InChI is InChI=1S/C14H19BrO2/c1-9-8-11(17)12(15)13(2,3)14(9)6-4-10(16)5-7-14/h4,6,11-12,17H,1,5,7-8H2,2-3H3/t11-,12-,14+/m0/s1. The minimum Gasteiger partial charge on any atom is -0.392 e. The fraction of sp³-hybridized carbons (Fsp3) is 0.643. The zero-order valence-corrected chi connectivity index (χ0v) is 12.0. The highest BCUT2D eigenvalue weighted by Gasteiger charge is 2.55. The number of rotatable bonds is 0. The van der Waals surface area contributed by atoms with Gasteiger partial charge >= 0.3 is 0 Å². The molecule has 2 rings (SSSR count). The third kappa shape index (κ3) is 1.75. The van der Waals surface area contributed by atoms with Crippen LogP contribution in [0.1, 0.15) is 33.1 Å². The molecule has 0 aliphatic heterocycles. The molecule has 2 nitrogen and oxygen atoms in total. The van der Waals surface area contributed by atoms with Crippen LogP contribution in [-0.2, 0) is 4.79 Å². The van der Waals surface area contributed by atoms with E-state index in [2.05, 4.69) is 36.4 Å². The average molecular weight is 299 g/mol. The van der Waals surface area contributed by atoms with Crippen molar-refractivity contribution in [3.8, 4) is 0 Å². The van der Waals surface area contributed by atoms with Gasteiger partial charge in [-0.15, -0.1) is 0 Å². The van der Waals surface area contributed by atoms with Crippen molar-refractivity contribution in [1.29, 1.82) is 0 Å². The van der Waals surface area contributed by atoms with Crippen LogP contribution in [0.4, 0.5) is 0 Å². The van der Waals surface area contributed by atoms with Gasteiger partial charge in [-0.1, -0.05) is 48.0 Å². The van der Waals surface area contributed by atoms with Crippen LogP contribution in [0, 0.1) is 10.8 Å². The smallest absolute Gasteiger partial charge is 0.155 e. The fourth-order valence-corrected chi connectivity index (χ4v) is 3.87. The Kier molecular flexibility index (Phi) is 3.11. The van der Waals surface area contributed by atoms with Crippen molar-refractivity contribution in [1.82, 2.24) is 0 Å². The van der Waals surface area contributed by atoms with E-state index in [-0.39, 0.29) is 21.4 Å². The van der Waals surface area contributed by atoms with E-state index in [1.165, 1.54) is 0 Å². The van der Waals surface area contributed by atoms with Crippen LogP contribution in [-0.4, -0.2) is 21.8 Å². The van der Waals surface area contributed by atoms with Crippen molar-refractivity contribution in [2.75, 3.05) is 0 Å². The molecule has 1 spiro atoms. The molecule has 0 unspecified atom stereocenters. The summed E-state index contributed by atoms with van der Waals surface area (Å²) in [4.78, 5) is 11.4. The Labute approximate surface area is 111 Å². The van der Waals surface area contributed by atoms with Crippen molar-refractivity contribution in [3.63, 3.8) is 0 Å². The first-order valence-corrected chi connectivity index (χ1v) is 6.95. The summed E-state index contributed by atoms with van der Waals surface area (Å²) in [5.74, 6) is 0.191. The van der Waals surface area contributed by atoms with Crippen molar-refractivity contribution in [2.24, 2.45) is 10.8 Å². The first-order valence-electron chi connectivity index (χ1n) is 6.04. The van der Waals surface area contributed by atoms with Gasteiger partial charge in [0.2, 0.25) is 0 Å². The Morgan fingerprint density at radius 3 is 2.71 bits per heavy atom. The molecule has 1 N–H and O–H groups in total. The molecular weight excluding hydrogens is 280 g/mol. The predicted octanol–water partition coefficient (Wildman–Crippen LogP) is 3.00. The van der Waals surface area contributed by atoms with E-state index >= 15 is 0 Å². The zero-order valence-electron chi connectivity index (χ0n) is 10.4. The predicted molar refractivity (Wildman–Crippen MR) is 72.1 cm³/mol. The molecule has 0 aromatic heterocycles. The first kappa shape index (κ1) is 13.0. The Morgan fingerprint density at radius 2 is 2.18 bits per heavy atom. The van der Waals surface area contributed by atoms with Crippen molar-refractivity contribution in [2.45, 2.75) is 44.0 Å². The van der Waals surface area contributed by atoms with E-state index in [0.29, 0.717) is 12.8 Å². The van der Waals surface area contributed by atoms with E-state index in [1.807, 2.05) is 6.08 Å². The SMILES string of the molecule is C=C1C[C@H](O)[C@H](Br)C(C)(C)[C@@]12C=CC(=O)CC2. The highest BCUT2D eigenvalue weighted by atomic mass is 79.9. The lowest BCUT2D eigenvalue weighted by Gasteiger charge is -2.55. The normalized spacial score (nSPS) is 40.9. The second-order valence-electron chi connectivity index (χ2n) is 5.77. The summed E-state index contributed by atoms with van der Waals surface area (Å²) in [5, 5.41) is 10.1. The molecule has 3 heteroatoms. The van der Waals surface area contributed by atoms with Gasteiger partial charge in [0.15, 0.2) is 5.78 Å². The highest BCUT2D eigenvalue weighted by molar-refractivity contribution is 9.09. The summed E-state index contributed by atoms with van der Waals surface area (Å²) in [6.07, 6.45) is 5.30. The lowest BCUT2D eigenvalue weighted by atomic mass is 9.52. The molecule has 1 saturated carbocycles. The molecule has 2 aliphatic rings. The quantitative estimate of drug-likeness (QED) is 0.551. The molecule has 0 radical (unpaired) electrons. The highest BCUT2D eigenvalue weighted by Crippen LogP contribution is 2.59. The summed E-state index contributed by atoms with van der Waals surface area (Å²) in [7, 11) is 0. The van der Waals surface area contributed by atoms with Gasteiger partial charge in [0, 0.05) is 16.7 Å². The van der Waals surface area contributed by atoms with Gasteiger partial charge in [0.1, 0.15) is 0 Å². The minimum absolute atomic E-state index is 0.0263. The molecular formula is C14H19BrO2. The van der Waals surface area contributed by atoms with Crippen molar-refractivity contribution >= 4 is 21.7 Å².